The third kappa shape index (κ3) is 3.79. The molecule has 0 saturated carbocycles. The van der Waals surface area contributed by atoms with Crippen LogP contribution in [0, 0.1) is 20.8 Å². The van der Waals surface area contributed by atoms with Crippen LogP contribution < -0.4 is 0 Å². The Balaban J connectivity index is 1.66. The molecule has 6 rings (SSSR count). The van der Waals surface area contributed by atoms with E-state index < -0.39 is 0 Å². The molecule has 6 aromatic rings. The first-order chi connectivity index (χ1) is 17.6. The number of nitrogens with zero attached hydrogens (tertiary/aromatic N) is 4. The summed E-state index contributed by atoms with van der Waals surface area (Å²) in [6, 6.07) is 27.3. The number of aromatic nitrogens is 4. The summed E-state index contributed by atoms with van der Waals surface area (Å²) in [5, 5.41) is 4.17. The highest BCUT2D eigenvalue weighted by atomic mass is 16.5. The zero-order valence-electron chi connectivity index (χ0n) is 20.5. The number of rotatable bonds is 5. The molecule has 0 N–H and O–H groups in total. The number of aryl methyl sites for hydroxylation is 3. The minimum Gasteiger partial charge on any atom is -0.361 e. The molecule has 0 aliphatic rings. The smallest absolute Gasteiger partial charge is 0.141 e. The van der Waals surface area contributed by atoms with Gasteiger partial charge in [-0.25, -0.2) is 0 Å². The highest BCUT2D eigenvalue weighted by Gasteiger charge is 2.23. The first-order valence-corrected chi connectivity index (χ1v) is 12.1. The van der Waals surface area contributed by atoms with Crippen molar-refractivity contribution in [2.45, 2.75) is 26.8 Å². The van der Waals surface area contributed by atoms with Gasteiger partial charge in [-0.15, -0.1) is 0 Å². The molecule has 0 aliphatic heterocycles. The SMILES string of the molecule is Cc1ccc(-c2cn([C@H](c3ccccc3)c3ccccn3)c3cc(-c4c(C)noc4C)cnc23)cc1. The predicted molar refractivity (Wildman–Crippen MR) is 143 cm³/mol. The van der Waals surface area contributed by atoms with Crippen molar-refractivity contribution in [3.8, 4) is 22.3 Å². The molecule has 4 aromatic heterocycles. The number of hydrogen-bond donors (Lipinski definition) is 0. The van der Waals surface area contributed by atoms with Crippen LogP contribution in [-0.4, -0.2) is 19.7 Å². The van der Waals surface area contributed by atoms with Crippen LogP contribution in [0.1, 0.15) is 34.3 Å². The summed E-state index contributed by atoms with van der Waals surface area (Å²) in [4.78, 5) is 9.76. The van der Waals surface area contributed by atoms with Crippen molar-refractivity contribution in [2.75, 3.05) is 0 Å². The molecule has 176 valence electrons. The number of hydrogen-bond acceptors (Lipinski definition) is 4. The first-order valence-electron chi connectivity index (χ1n) is 12.1. The van der Waals surface area contributed by atoms with Gasteiger partial charge >= 0.3 is 0 Å². The van der Waals surface area contributed by atoms with E-state index in [-0.39, 0.29) is 6.04 Å². The summed E-state index contributed by atoms with van der Waals surface area (Å²) >= 11 is 0. The van der Waals surface area contributed by atoms with E-state index in [2.05, 4.69) is 83.5 Å². The molecule has 4 heterocycles. The van der Waals surface area contributed by atoms with E-state index in [1.54, 1.807) is 0 Å². The van der Waals surface area contributed by atoms with Crippen LogP contribution in [0.25, 0.3) is 33.3 Å². The summed E-state index contributed by atoms with van der Waals surface area (Å²) in [6.07, 6.45) is 5.99. The van der Waals surface area contributed by atoms with Crippen LogP contribution in [0.3, 0.4) is 0 Å². The molecule has 0 saturated heterocycles. The van der Waals surface area contributed by atoms with Crippen LogP contribution in [0.2, 0.25) is 0 Å². The van der Waals surface area contributed by atoms with Crippen molar-refractivity contribution in [3.05, 3.63) is 126 Å². The summed E-state index contributed by atoms with van der Waals surface area (Å²) < 4.78 is 7.77. The van der Waals surface area contributed by atoms with Gasteiger partial charge in [-0.3, -0.25) is 9.97 Å². The molecule has 0 bridgehead atoms. The number of pyridine rings is 2. The van der Waals surface area contributed by atoms with Crippen LogP contribution >= 0.6 is 0 Å². The predicted octanol–water partition coefficient (Wildman–Crippen LogP) is 7.32. The zero-order chi connectivity index (χ0) is 24.6. The lowest BCUT2D eigenvalue weighted by molar-refractivity contribution is 0.393. The largest absolute Gasteiger partial charge is 0.361 e. The quantitative estimate of drug-likeness (QED) is 0.265. The Morgan fingerprint density at radius 1 is 0.806 bits per heavy atom. The van der Waals surface area contributed by atoms with E-state index in [1.807, 2.05) is 44.4 Å². The standard InChI is InChI=1S/C31H26N4O/c1-20-12-14-23(15-13-20)26-19-35(31(24-9-5-4-6-10-24)27-11-7-8-16-32-27)28-17-25(18-33-30(26)28)29-21(2)34-36-22(29)3/h4-19,31H,1-3H3/t31-/m1/s1. The molecular formula is C31H26N4O. The van der Waals surface area contributed by atoms with Gasteiger partial charge in [0.25, 0.3) is 0 Å². The van der Waals surface area contributed by atoms with Gasteiger partial charge in [0.2, 0.25) is 0 Å². The van der Waals surface area contributed by atoms with Crippen LogP contribution in [0.15, 0.2) is 102 Å². The summed E-state index contributed by atoms with van der Waals surface area (Å²) in [7, 11) is 0. The Labute approximate surface area is 210 Å². The second-order valence-corrected chi connectivity index (χ2v) is 9.17. The molecule has 0 amide bonds. The minimum atomic E-state index is -0.115. The molecule has 0 radical (unpaired) electrons. The lowest BCUT2D eigenvalue weighted by atomic mass is 10.0. The second kappa shape index (κ2) is 8.93. The van der Waals surface area contributed by atoms with Gasteiger partial charge < -0.3 is 9.09 Å². The molecule has 1 atom stereocenters. The maximum Gasteiger partial charge on any atom is 0.141 e. The summed E-state index contributed by atoms with van der Waals surface area (Å²) in [5.41, 5.74) is 10.4. The van der Waals surface area contributed by atoms with E-state index in [0.717, 1.165) is 56.0 Å². The lowest BCUT2D eigenvalue weighted by Gasteiger charge is -2.20. The molecule has 5 nitrogen and oxygen atoms in total. The highest BCUT2D eigenvalue weighted by Crippen LogP contribution is 2.38. The number of benzene rings is 2. The van der Waals surface area contributed by atoms with Gasteiger partial charge in [-0.1, -0.05) is 71.4 Å². The van der Waals surface area contributed by atoms with Gasteiger partial charge in [0.1, 0.15) is 11.8 Å². The van der Waals surface area contributed by atoms with E-state index in [4.69, 9.17) is 14.5 Å². The topological polar surface area (TPSA) is 56.7 Å². The molecule has 5 heteroatoms. The molecule has 0 unspecified atom stereocenters. The third-order valence-electron chi connectivity index (χ3n) is 6.72. The first kappa shape index (κ1) is 22.0. The van der Waals surface area contributed by atoms with Gasteiger partial charge in [0.05, 0.1) is 22.4 Å². The van der Waals surface area contributed by atoms with Crippen molar-refractivity contribution in [3.63, 3.8) is 0 Å². The Morgan fingerprint density at radius 2 is 1.58 bits per heavy atom. The van der Waals surface area contributed by atoms with E-state index >= 15 is 0 Å². The van der Waals surface area contributed by atoms with Gasteiger partial charge in [0, 0.05) is 35.3 Å². The minimum absolute atomic E-state index is 0.115. The molecular weight excluding hydrogens is 444 g/mol. The van der Waals surface area contributed by atoms with E-state index in [1.165, 1.54) is 5.56 Å². The fourth-order valence-corrected chi connectivity index (χ4v) is 4.96. The number of fused-ring (bicyclic) bond motifs is 1. The van der Waals surface area contributed by atoms with Crippen molar-refractivity contribution >= 4 is 11.0 Å². The van der Waals surface area contributed by atoms with Crippen molar-refractivity contribution in [1.82, 2.24) is 19.7 Å². The normalized spacial score (nSPS) is 12.2. The second-order valence-electron chi connectivity index (χ2n) is 9.17. The average Bonchev–Trinajstić information content (AvgIpc) is 3.45. The Hall–Kier alpha value is -4.51. The molecule has 0 aliphatic carbocycles. The van der Waals surface area contributed by atoms with Crippen molar-refractivity contribution in [1.29, 1.82) is 0 Å². The van der Waals surface area contributed by atoms with E-state index in [0.29, 0.717) is 0 Å². The summed E-state index contributed by atoms with van der Waals surface area (Å²) in [6.45, 7) is 6.01. The highest BCUT2D eigenvalue weighted by molar-refractivity contribution is 5.95. The summed E-state index contributed by atoms with van der Waals surface area (Å²) in [5.74, 6) is 0.787. The Morgan fingerprint density at radius 3 is 2.28 bits per heavy atom. The maximum atomic E-state index is 5.47. The molecule has 2 aromatic carbocycles. The Kier molecular flexibility index (Phi) is 5.45. The fraction of sp³-hybridized carbons (Fsp3) is 0.129. The maximum absolute atomic E-state index is 5.47. The van der Waals surface area contributed by atoms with Crippen molar-refractivity contribution < 1.29 is 4.52 Å². The van der Waals surface area contributed by atoms with Crippen LogP contribution in [-0.2, 0) is 0 Å². The van der Waals surface area contributed by atoms with Gasteiger partial charge in [-0.05, 0) is 50.1 Å². The zero-order valence-corrected chi connectivity index (χ0v) is 20.5. The van der Waals surface area contributed by atoms with E-state index in [9.17, 15) is 0 Å². The average molecular weight is 471 g/mol. The monoisotopic (exact) mass is 470 g/mol. The lowest BCUT2D eigenvalue weighted by Crippen LogP contribution is -2.13. The fourth-order valence-electron chi connectivity index (χ4n) is 4.96. The molecule has 36 heavy (non-hydrogen) atoms. The van der Waals surface area contributed by atoms with Gasteiger partial charge in [0.15, 0.2) is 0 Å². The molecule has 0 spiro atoms. The van der Waals surface area contributed by atoms with Gasteiger partial charge in [-0.2, -0.15) is 0 Å². The van der Waals surface area contributed by atoms with Crippen molar-refractivity contribution in [2.24, 2.45) is 0 Å². The third-order valence-corrected chi connectivity index (χ3v) is 6.72. The molecule has 0 fully saturated rings. The van der Waals surface area contributed by atoms with Crippen LogP contribution in [0.5, 0.6) is 0 Å². The Bertz CT molecular complexity index is 1590. The van der Waals surface area contributed by atoms with Crippen LogP contribution in [0.4, 0.5) is 0 Å².